The van der Waals surface area contributed by atoms with Crippen molar-refractivity contribution in [2.75, 3.05) is 17.7 Å². The summed E-state index contributed by atoms with van der Waals surface area (Å²) in [6, 6.07) is 13.2. The van der Waals surface area contributed by atoms with Gasteiger partial charge in [-0.25, -0.2) is 4.98 Å². The van der Waals surface area contributed by atoms with Crippen molar-refractivity contribution in [3.63, 3.8) is 0 Å². The lowest BCUT2D eigenvalue weighted by molar-refractivity contribution is -0.123. The lowest BCUT2D eigenvalue weighted by Crippen LogP contribution is -2.50. The molecule has 31 heavy (non-hydrogen) atoms. The number of likely N-dealkylation sites (N-methyl/N-ethyl adjacent to an activating group) is 1. The summed E-state index contributed by atoms with van der Waals surface area (Å²) in [4.78, 5) is 35.7. The zero-order chi connectivity index (χ0) is 21.4. The Hall–Kier alpha value is -3.46. The topological polar surface area (TPSA) is 103 Å². The van der Waals surface area contributed by atoms with Gasteiger partial charge in [-0.3, -0.25) is 9.59 Å². The van der Waals surface area contributed by atoms with Crippen LogP contribution in [0.5, 0.6) is 0 Å². The molecule has 3 heterocycles. The Kier molecular flexibility index (Phi) is 5.03. The van der Waals surface area contributed by atoms with Gasteiger partial charge in [-0.2, -0.15) is 5.10 Å². The number of aromatic amines is 1. The van der Waals surface area contributed by atoms with Crippen LogP contribution in [0, 0.1) is 0 Å². The lowest BCUT2D eigenvalue weighted by Gasteiger charge is -2.21. The molecule has 3 aromatic rings. The van der Waals surface area contributed by atoms with Crippen LogP contribution in [0.4, 0.5) is 5.69 Å². The first-order valence-corrected chi connectivity index (χ1v) is 10.9. The van der Waals surface area contributed by atoms with Crippen LogP contribution < -0.4 is 10.2 Å². The van der Waals surface area contributed by atoms with E-state index in [1.807, 2.05) is 42.5 Å². The van der Waals surface area contributed by atoms with Crippen LogP contribution >= 0.6 is 11.8 Å². The molecular weight excluding hydrogens is 412 g/mol. The molecule has 2 aliphatic rings. The fraction of sp³-hybridized carbons (Fsp3) is 0.227. The van der Waals surface area contributed by atoms with Gasteiger partial charge in [-0.15, -0.1) is 16.9 Å². The number of carbonyl (C=O) groups excluding carboxylic acids is 2. The van der Waals surface area contributed by atoms with Crippen LogP contribution in [-0.2, 0) is 16.0 Å². The van der Waals surface area contributed by atoms with Crippen molar-refractivity contribution in [3.05, 3.63) is 54.4 Å². The maximum Gasteiger partial charge on any atom is 0.268 e. The van der Waals surface area contributed by atoms with Crippen LogP contribution in [0.1, 0.15) is 12.0 Å². The minimum atomic E-state index is -0.651. The van der Waals surface area contributed by atoms with Crippen molar-refractivity contribution < 1.29 is 9.59 Å². The van der Waals surface area contributed by atoms with E-state index in [0.717, 1.165) is 32.9 Å². The van der Waals surface area contributed by atoms with Gasteiger partial charge in [0.2, 0.25) is 5.91 Å². The van der Waals surface area contributed by atoms with Crippen LogP contribution in [0.25, 0.3) is 11.0 Å². The molecule has 0 radical (unpaired) electrons. The zero-order valence-electron chi connectivity index (χ0n) is 16.8. The largest absolute Gasteiger partial charge is 0.345 e. The van der Waals surface area contributed by atoms with Gasteiger partial charge in [0.25, 0.3) is 5.91 Å². The Morgan fingerprint density at radius 2 is 2.10 bits per heavy atom. The predicted molar refractivity (Wildman–Crippen MR) is 122 cm³/mol. The molecule has 156 valence electrons. The maximum atomic E-state index is 13.0. The molecule has 2 amide bonds. The van der Waals surface area contributed by atoms with Gasteiger partial charge >= 0.3 is 0 Å². The molecule has 2 N–H and O–H groups in total. The van der Waals surface area contributed by atoms with Gasteiger partial charge in [0.05, 0.1) is 28.8 Å². The monoisotopic (exact) mass is 432 g/mol. The number of imidazole rings is 1. The lowest BCUT2D eigenvalue weighted by atomic mass is 10.0. The Morgan fingerprint density at radius 1 is 1.26 bits per heavy atom. The Bertz CT molecular complexity index is 1230. The van der Waals surface area contributed by atoms with Gasteiger partial charge < -0.3 is 15.2 Å². The number of fused-ring (bicyclic) bond motifs is 2. The van der Waals surface area contributed by atoms with Crippen LogP contribution in [-0.4, -0.2) is 52.0 Å². The van der Waals surface area contributed by atoms with E-state index < -0.39 is 6.04 Å². The minimum Gasteiger partial charge on any atom is -0.345 e. The predicted octanol–water partition coefficient (Wildman–Crippen LogP) is 2.56. The molecule has 5 rings (SSSR count). The number of anilines is 1. The van der Waals surface area contributed by atoms with Crippen LogP contribution in [0.2, 0.25) is 0 Å². The molecule has 0 spiro atoms. The van der Waals surface area contributed by atoms with E-state index in [1.54, 1.807) is 18.3 Å². The Labute approximate surface area is 182 Å². The van der Waals surface area contributed by atoms with Crippen molar-refractivity contribution in [1.82, 2.24) is 15.3 Å². The quantitative estimate of drug-likeness (QED) is 0.661. The number of hydrogen-bond donors (Lipinski definition) is 2. The summed E-state index contributed by atoms with van der Waals surface area (Å²) in [5, 5.41) is 11.1. The molecule has 1 aromatic heterocycles. The van der Waals surface area contributed by atoms with E-state index in [0.29, 0.717) is 24.3 Å². The van der Waals surface area contributed by atoms with Crippen molar-refractivity contribution in [3.8, 4) is 0 Å². The van der Waals surface area contributed by atoms with Gasteiger partial charge in [0.15, 0.2) is 0 Å². The normalized spacial score (nSPS) is 18.4. The maximum absolute atomic E-state index is 13.0. The van der Waals surface area contributed by atoms with E-state index in [1.165, 1.54) is 11.8 Å². The van der Waals surface area contributed by atoms with Crippen molar-refractivity contribution in [2.45, 2.75) is 23.8 Å². The van der Waals surface area contributed by atoms with Crippen LogP contribution in [0.3, 0.4) is 0 Å². The number of nitrogens with zero attached hydrogens (tertiary/aromatic N) is 4. The summed E-state index contributed by atoms with van der Waals surface area (Å²) in [5.41, 5.74) is 4.81. The highest BCUT2D eigenvalue weighted by Gasteiger charge is 2.32. The summed E-state index contributed by atoms with van der Waals surface area (Å²) >= 11 is 1.53. The molecule has 2 aliphatic heterocycles. The fourth-order valence-corrected chi connectivity index (χ4v) is 4.83. The number of thioether (sulfide) groups is 1. The highest BCUT2D eigenvalue weighted by molar-refractivity contribution is 7.99. The molecular formula is C22H20N6O2S. The van der Waals surface area contributed by atoms with E-state index in [-0.39, 0.29) is 11.8 Å². The second-order valence-corrected chi connectivity index (χ2v) is 8.59. The highest BCUT2D eigenvalue weighted by atomic mass is 32.2. The zero-order valence-corrected chi connectivity index (χ0v) is 17.6. The van der Waals surface area contributed by atoms with Crippen LogP contribution in [0.15, 0.2) is 63.9 Å². The third-order valence-corrected chi connectivity index (χ3v) is 6.54. The summed E-state index contributed by atoms with van der Waals surface area (Å²) in [6.45, 7) is 0. The summed E-state index contributed by atoms with van der Waals surface area (Å²) in [7, 11) is 1.72. The number of rotatable bonds is 4. The molecule has 2 aromatic carbocycles. The highest BCUT2D eigenvalue weighted by Crippen LogP contribution is 2.36. The van der Waals surface area contributed by atoms with E-state index >= 15 is 0 Å². The number of nitrogens with one attached hydrogen (secondary N) is 2. The van der Waals surface area contributed by atoms with E-state index in [4.69, 9.17) is 0 Å². The first kappa shape index (κ1) is 19.5. The molecule has 0 bridgehead atoms. The summed E-state index contributed by atoms with van der Waals surface area (Å²) in [5.74, 6) is -0.0792. The average Bonchev–Trinajstić information content (AvgIpc) is 3.42. The molecule has 1 atom stereocenters. The Morgan fingerprint density at radius 3 is 2.94 bits per heavy atom. The van der Waals surface area contributed by atoms with Gasteiger partial charge in [0, 0.05) is 30.5 Å². The smallest absolute Gasteiger partial charge is 0.268 e. The van der Waals surface area contributed by atoms with Crippen molar-refractivity contribution >= 4 is 51.7 Å². The van der Waals surface area contributed by atoms with E-state index in [2.05, 4.69) is 25.5 Å². The molecule has 0 unspecified atom stereocenters. The number of hydrogen-bond acceptors (Lipinski definition) is 6. The standard InChI is InChI=1S/C22H20N6O2S/c1-28-19-9-15-16(24-12-23-15)10-20(19)31-11-18(22(28)30)25-21(29)17-8-14(26-27-17)7-13-5-3-2-4-6-13/h2-6,9-10,12,18H,7-8,11H2,1H3,(H,23,24)(H,25,29)/t18-/m0/s1. The molecule has 0 saturated heterocycles. The third-order valence-electron chi connectivity index (χ3n) is 5.40. The second-order valence-electron chi connectivity index (χ2n) is 7.53. The summed E-state index contributed by atoms with van der Waals surface area (Å²) in [6.07, 6.45) is 2.68. The van der Waals surface area contributed by atoms with Gasteiger partial charge in [-0.05, 0) is 17.7 Å². The van der Waals surface area contributed by atoms with Crippen molar-refractivity contribution in [2.24, 2.45) is 10.2 Å². The molecule has 0 saturated carbocycles. The minimum absolute atomic E-state index is 0.164. The van der Waals surface area contributed by atoms with Crippen molar-refractivity contribution in [1.29, 1.82) is 0 Å². The van der Waals surface area contributed by atoms with Gasteiger partial charge in [-0.1, -0.05) is 30.3 Å². The number of benzene rings is 2. The third kappa shape index (κ3) is 3.84. The first-order chi connectivity index (χ1) is 15.1. The number of aromatic nitrogens is 2. The number of carbonyl (C=O) groups is 2. The first-order valence-electron chi connectivity index (χ1n) is 9.93. The number of amides is 2. The Balaban J connectivity index is 1.25. The van der Waals surface area contributed by atoms with Gasteiger partial charge in [0.1, 0.15) is 11.8 Å². The molecule has 0 aliphatic carbocycles. The number of H-pyrrole nitrogens is 1. The second kappa shape index (κ2) is 7.99. The fourth-order valence-electron chi connectivity index (χ4n) is 3.72. The summed E-state index contributed by atoms with van der Waals surface area (Å²) < 4.78 is 0. The average molecular weight is 433 g/mol. The molecule has 9 heteroatoms. The van der Waals surface area contributed by atoms with E-state index in [9.17, 15) is 9.59 Å². The SMILES string of the molecule is CN1C(=O)[C@@H](NC(=O)C2=NN=C(Cc3ccccc3)C2)CSc2cc3nc[nH]c3cc21. The molecule has 0 fully saturated rings. The molecule has 8 nitrogen and oxygen atoms in total.